The minimum Gasteiger partial charge on any atom is -0.369 e. The first-order valence-corrected chi connectivity index (χ1v) is 7.54. The maximum absolute atomic E-state index is 6.02. The molecule has 96 valence electrons. The average molecular weight is 328 g/mol. The summed E-state index contributed by atoms with van der Waals surface area (Å²) in [7, 11) is 0. The Kier molecular flexibility index (Phi) is 5.37. The summed E-state index contributed by atoms with van der Waals surface area (Å²) in [6.07, 6.45) is 0. The molecular weight excluding hydrogens is 312 g/mol. The Balaban J connectivity index is 1.86. The molecule has 1 fully saturated rings. The van der Waals surface area contributed by atoms with Gasteiger partial charge in [-0.05, 0) is 18.2 Å². The molecule has 4 heteroatoms. The van der Waals surface area contributed by atoms with Crippen molar-refractivity contribution < 1.29 is 0 Å². The summed E-state index contributed by atoms with van der Waals surface area (Å²) in [6, 6.07) is 8.07. The number of halogens is 2. The molecule has 1 aliphatic heterocycles. The summed E-state index contributed by atoms with van der Waals surface area (Å²) in [6.45, 7) is 5.06. The Hall–Kier alpha value is -0.690. The van der Waals surface area contributed by atoms with Crippen LogP contribution < -0.4 is 4.90 Å². The lowest BCUT2D eigenvalue weighted by Gasteiger charge is -2.35. The average Bonchev–Trinajstić information content (AvgIpc) is 2.40. The van der Waals surface area contributed by atoms with Crippen LogP contribution in [0.15, 0.2) is 24.3 Å². The van der Waals surface area contributed by atoms with E-state index >= 15 is 0 Å². The molecular formula is C14H16BrClN2. The number of anilines is 1. The van der Waals surface area contributed by atoms with Gasteiger partial charge in [0, 0.05) is 36.9 Å². The highest BCUT2D eigenvalue weighted by Gasteiger charge is 2.16. The summed E-state index contributed by atoms with van der Waals surface area (Å²) in [5.74, 6) is 6.20. The minimum absolute atomic E-state index is 0.759. The number of benzene rings is 1. The summed E-state index contributed by atoms with van der Waals surface area (Å²) in [5.41, 5.74) is 1.22. The molecule has 0 aromatic heterocycles. The van der Waals surface area contributed by atoms with Crippen LogP contribution >= 0.6 is 27.5 Å². The second-order valence-electron chi connectivity index (χ2n) is 4.23. The van der Waals surface area contributed by atoms with Gasteiger partial charge in [-0.3, -0.25) is 4.90 Å². The second-order valence-corrected chi connectivity index (χ2v) is 5.23. The fourth-order valence-corrected chi connectivity index (χ4v) is 2.43. The molecule has 2 rings (SSSR count). The Morgan fingerprint density at radius 2 is 1.94 bits per heavy atom. The first-order valence-electron chi connectivity index (χ1n) is 6.04. The topological polar surface area (TPSA) is 6.48 Å². The van der Waals surface area contributed by atoms with E-state index in [1.165, 1.54) is 5.69 Å². The maximum atomic E-state index is 6.02. The molecule has 0 spiro atoms. The van der Waals surface area contributed by atoms with E-state index in [1.54, 1.807) is 0 Å². The van der Waals surface area contributed by atoms with Crippen LogP contribution in [0.1, 0.15) is 0 Å². The smallest absolute Gasteiger partial charge is 0.0645 e. The van der Waals surface area contributed by atoms with Crippen molar-refractivity contribution in [1.29, 1.82) is 0 Å². The van der Waals surface area contributed by atoms with Crippen LogP contribution in [0.2, 0.25) is 5.02 Å². The Morgan fingerprint density at radius 3 is 2.61 bits per heavy atom. The fraction of sp³-hybridized carbons (Fsp3) is 0.429. The molecule has 1 saturated heterocycles. The Morgan fingerprint density at radius 1 is 1.17 bits per heavy atom. The van der Waals surface area contributed by atoms with Crippen LogP contribution in [0, 0.1) is 11.8 Å². The highest BCUT2D eigenvalue weighted by Crippen LogP contribution is 2.20. The van der Waals surface area contributed by atoms with Gasteiger partial charge in [0.1, 0.15) is 0 Å². The predicted molar refractivity (Wildman–Crippen MR) is 81.7 cm³/mol. The quantitative estimate of drug-likeness (QED) is 0.609. The lowest BCUT2D eigenvalue weighted by molar-refractivity contribution is 0.288. The van der Waals surface area contributed by atoms with Crippen LogP contribution in [0.5, 0.6) is 0 Å². The maximum Gasteiger partial charge on any atom is 0.0645 e. The lowest BCUT2D eigenvalue weighted by atomic mass is 10.2. The van der Waals surface area contributed by atoms with Gasteiger partial charge in [-0.25, -0.2) is 0 Å². The van der Waals surface area contributed by atoms with Crippen LogP contribution in [-0.4, -0.2) is 43.0 Å². The standard InChI is InChI=1S/C14H16BrClN2/c15-6-1-2-7-17-8-10-18(11-9-17)14-5-3-4-13(16)12-14/h3-5,12H,6-11H2. The Labute approximate surface area is 122 Å². The zero-order valence-electron chi connectivity index (χ0n) is 10.2. The molecule has 18 heavy (non-hydrogen) atoms. The van der Waals surface area contributed by atoms with Crippen molar-refractivity contribution in [3.63, 3.8) is 0 Å². The summed E-state index contributed by atoms with van der Waals surface area (Å²) in [5, 5.41) is 1.56. The van der Waals surface area contributed by atoms with E-state index in [0.29, 0.717) is 0 Å². The lowest BCUT2D eigenvalue weighted by Crippen LogP contribution is -2.46. The first kappa shape index (κ1) is 13.7. The molecule has 0 saturated carbocycles. The number of piperazine rings is 1. The summed E-state index contributed by atoms with van der Waals surface area (Å²) in [4.78, 5) is 4.76. The number of nitrogens with zero attached hydrogens (tertiary/aromatic N) is 2. The second kappa shape index (κ2) is 7.04. The molecule has 1 heterocycles. The normalized spacial score (nSPS) is 16.2. The van der Waals surface area contributed by atoms with Crippen molar-refractivity contribution in [3.8, 4) is 11.8 Å². The molecule has 0 amide bonds. The van der Waals surface area contributed by atoms with Crippen molar-refractivity contribution >= 4 is 33.2 Å². The molecule has 1 aliphatic rings. The molecule has 0 bridgehead atoms. The van der Waals surface area contributed by atoms with Crippen molar-refractivity contribution in [2.24, 2.45) is 0 Å². The van der Waals surface area contributed by atoms with E-state index in [1.807, 2.05) is 18.2 Å². The van der Waals surface area contributed by atoms with Gasteiger partial charge in [-0.15, -0.1) is 0 Å². The van der Waals surface area contributed by atoms with Crippen LogP contribution in [0.4, 0.5) is 5.69 Å². The molecule has 1 aromatic rings. The van der Waals surface area contributed by atoms with E-state index in [4.69, 9.17) is 11.6 Å². The number of alkyl halides is 1. The van der Waals surface area contributed by atoms with Crippen LogP contribution in [0.25, 0.3) is 0 Å². The van der Waals surface area contributed by atoms with Gasteiger partial charge in [0.25, 0.3) is 0 Å². The third-order valence-corrected chi connectivity index (χ3v) is 3.56. The van der Waals surface area contributed by atoms with E-state index < -0.39 is 0 Å². The van der Waals surface area contributed by atoms with E-state index in [-0.39, 0.29) is 0 Å². The number of hydrogen-bond donors (Lipinski definition) is 0. The number of rotatable bonds is 2. The van der Waals surface area contributed by atoms with E-state index in [2.05, 4.69) is 43.6 Å². The van der Waals surface area contributed by atoms with Crippen molar-refractivity contribution in [1.82, 2.24) is 4.90 Å². The molecule has 0 unspecified atom stereocenters. The molecule has 0 radical (unpaired) electrons. The van der Waals surface area contributed by atoms with Gasteiger partial charge in [0.15, 0.2) is 0 Å². The fourth-order valence-electron chi connectivity index (χ4n) is 2.05. The minimum atomic E-state index is 0.759. The predicted octanol–water partition coefficient (Wildman–Crippen LogP) is 2.86. The molecule has 1 aromatic carbocycles. The third kappa shape index (κ3) is 3.91. The number of hydrogen-bond acceptors (Lipinski definition) is 2. The SMILES string of the molecule is Clc1cccc(N2CCN(CC#CCBr)CC2)c1. The van der Waals surface area contributed by atoms with E-state index in [9.17, 15) is 0 Å². The Bertz CT molecular complexity index is 445. The van der Waals surface area contributed by atoms with Crippen molar-refractivity contribution in [3.05, 3.63) is 29.3 Å². The van der Waals surface area contributed by atoms with Gasteiger partial charge in [0.05, 0.1) is 11.9 Å². The molecule has 0 aliphatic carbocycles. The van der Waals surface area contributed by atoms with Crippen molar-refractivity contribution in [2.75, 3.05) is 43.0 Å². The molecule has 2 nitrogen and oxygen atoms in total. The van der Waals surface area contributed by atoms with Gasteiger partial charge < -0.3 is 4.90 Å². The van der Waals surface area contributed by atoms with Gasteiger partial charge >= 0.3 is 0 Å². The zero-order valence-corrected chi connectivity index (χ0v) is 12.5. The van der Waals surface area contributed by atoms with E-state index in [0.717, 1.165) is 43.1 Å². The van der Waals surface area contributed by atoms with Gasteiger partial charge in [-0.2, -0.15) is 0 Å². The van der Waals surface area contributed by atoms with Crippen LogP contribution in [-0.2, 0) is 0 Å². The molecule has 0 N–H and O–H groups in total. The summed E-state index contributed by atoms with van der Waals surface area (Å²) < 4.78 is 0. The largest absolute Gasteiger partial charge is 0.369 e. The highest BCUT2D eigenvalue weighted by molar-refractivity contribution is 9.09. The first-order chi connectivity index (χ1) is 8.79. The summed E-state index contributed by atoms with van der Waals surface area (Å²) >= 11 is 9.33. The zero-order chi connectivity index (χ0) is 12.8. The van der Waals surface area contributed by atoms with Gasteiger partial charge in [0.2, 0.25) is 0 Å². The third-order valence-electron chi connectivity index (χ3n) is 3.04. The molecule has 0 atom stereocenters. The monoisotopic (exact) mass is 326 g/mol. The van der Waals surface area contributed by atoms with Gasteiger partial charge in [-0.1, -0.05) is 45.4 Å². The highest BCUT2D eigenvalue weighted by atomic mass is 79.9. The van der Waals surface area contributed by atoms with Crippen molar-refractivity contribution in [2.45, 2.75) is 0 Å². The van der Waals surface area contributed by atoms with Crippen LogP contribution in [0.3, 0.4) is 0 Å².